The third-order valence-electron chi connectivity index (χ3n) is 15.0. The Labute approximate surface area is 477 Å². The van der Waals surface area contributed by atoms with Crippen molar-refractivity contribution in [1.82, 2.24) is 5.32 Å². The fourth-order valence-electron chi connectivity index (χ4n) is 10.0. The van der Waals surface area contributed by atoms with Crippen molar-refractivity contribution in [1.29, 1.82) is 0 Å². The van der Waals surface area contributed by atoms with E-state index >= 15 is 0 Å². The van der Waals surface area contributed by atoms with Gasteiger partial charge in [-0.25, -0.2) is 0 Å². The van der Waals surface area contributed by atoms with E-state index in [2.05, 4.69) is 67.8 Å². The normalized spacial score (nSPS) is 30.4. The van der Waals surface area contributed by atoms with Gasteiger partial charge < -0.3 is 89.9 Å². The molecule has 0 aromatic carbocycles. The van der Waals surface area contributed by atoms with Gasteiger partial charge in [-0.05, 0) is 64.2 Å². The molecule has 0 bridgehead atoms. The van der Waals surface area contributed by atoms with Crippen molar-refractivity contribution in [3.63, 3.8) is 0 Å². The van der Waals surface area contributed by atoms with Gasteiger partial charge in [0.25, 0.3) is 0 Å². The van der Waals surface area contributed by atoms with Crippen LogP contribution < -0.4 is 5.32 Å². The lowest BCUT2D eigenvalue weighted by Gasteiger charge is -2.48. The topological polar surface area (TPSA) is 307 Å². The molecule has 17 unspecified atom stereocenters. The number of amides is 1. The summed E-state index contributed by atoms with van der Waals surface area (Å²) in [5, 5.41) is 120. The molecule has 17 atom stereocenters. The van der Waals surface area contributed by atoms with Crippen molar-refractivity contribution in [2.45, 2.75) is 291 Å². The summed E-state index contributed by atoms with van der Waals surface area (Å²) >= 11 is 0. The summed E-state index contributed by atoms with van der Waals surface area (Å²) in [6, 6.07) is -1.00. The zero-order valence-corrected chi connectivity index (χ0v) is 48.3. The standard InChI is InChI=1S/C61H107NO18/c1-3-5-7-9-11-13-15-17-19-20-21-22-23-25-26-28-30-32-34-36-38-45(66)44(62-49(67)39-37-35-33-31-29-27-24-18-16-14-12-10-8-6-4-2)43-75-59-55(73)52(70)57(47(41-64)77-59)80-61-56(74)53(71)58(48(42-65)78-61)79-60-54(72)51(69)50(68)46(40-63)76-60/h6,8,12,14,18,24,28,30,36,38,44-48,50-61,63-66,68-74H,3-5,7,9-11,13,15-17,19-23,25-27,29,31-35,37,39-43H2,1-2H3,(H,62,67)/b8-6-,14-12-,24-18-,30-28+,38-36+. The Morgan fingerprint density at radius 3 is 1.40 bits per heavy atom. The minimum atomic E-state index is -1.98. The van der Waals surface area contributed by atoms with Crippen LogP contribution in [0.5, 0.6) is 0 Å². The van der Waals surface area contributed by atoms with Gasteiger partial charge in [0.1, 0.15) is 73.2 Å². The monoisotopic (exact) mass is 1140 g/mol. The first-order valence-corrected chi connectivity index (χ1v) is 30.5. The van der Waals surface area contributed by atoms with E-state index in [0.29, 0.717) is 12.8 Å². The van der Waals surface area contributed by atoms with Gasteiger partial charge >= 0.3 is 0 Å². The molecule has 3 aliphatic rings. The Bertz CT molecular complexity index is 1700. The maximum Gasteiger partial charge on any atom is 0.220 e. The average molecular weight is 1140 g/mol. The molecule has 3 aliphatic heterocycles. The third-order valence-corrected chi connectivity index (χ3v) is 15.0. The van der Waals surface area contributed by atoms with Crippen molar-refractivity contribution in [3.05, 3.63) is 60.8 Å². The molecule has 0 aromatic rings. The van der Waals surface area contributed by atoms with Crippen LogP contribution in [0.3, 0.4) is 0 Å². The number of aliphatic hydroxyl groups excluding tert-OH is 11. The molecule has 3 fully saturated rings. The Hall–Kier alpha value is -2.51. The van der Waals surface area contributed by atoms with E-state index in [1.165, 1.54) is 83.5 Å². The number of carbonyl (C=O) groups excluding carboxylic acids is 1. The van der Waals surface area contributed by atoms with E-state index in [1.807, 2.05) is 6.08 Å². The number of hydrogen-bond acceptors (Lipinski definition) is 18. The smallest absolute Gasteiger partial charge is 0.220 e. The minimum absolute atomic E-state index is 0.213. The molecule has 0 spiro atoms. The zero-order chi connectivity index (χ0) is 58.3. The molecule has 3 heterocycles. The lowest BCUT2D eigenvalue weighted by Crippen LogP contribution is -2.66. The molecule has 19 nitrogen and oxygen atoms in total. The molecule has 0 aliphatic carbocycles. The highest BCUT2D eigenvalue weighted by Crippen LogP contribution is 2.33. The van der Waals surface area contributed by atoms with Gasteiger partial charge in [0, 0.05) is 6.42 Å². The molecule has 1 amide bonds. The van der Waals surface area contributed by atoms with Gasteiger partial charge in [0.2, 0.25) is 5.91 Å². The van der Waals surface area contributed by atoms with Crippen LogP contribution in [0.1, 0.15) is 187 Å². The maximum atomic E-state index is 13.3. The van der Waals surface area contributed by atoms with E-state index in [-0.39, 0.29) is 18.9 Å². The van der Waals surface area contributed by atoms with Gasteiger partial charge in [0.05, 0.1) is 38.6 Å². The minimum Gasteiger partial charge on any atom is -0.394 e. The number of carbonyl (C=O) groups is 1. The molecule has 0 aromatic heterocycles. The van der Waals surface area contributed by atoms with E-state index in [1.54, 1.807) is 6.08 Å². The second-order valence-electron chi connectivity index (χ2n) is 21.8. The Morgan fingerprint density at radius 1 is 0.463 bits per heavy atom. The van der Waals surface area contributed by atoms with Gasteiger partial charge in [-0.2, -0.15) is 0 Å². The Morgan fingerprint density at radius 2 is 0.875 bits per heavy atom. The molecular formula is C61H107NO18. The summed E-state index contributed by atoms with van der Waals surface area (Å²) in [5.74, 6) is -0.305. The second kappa shape index (κ2) is 44.0. The fraction of sp³-hybridized carbons (Fsp3) is 0.820. The van der Waals surface area contributed by atoms with Gasteiger partial charge in [-0.15, -0.1) is 0 Å². The maximum absolute atomic E-state index is 13.3. The lowest BCUT2D eigenvalue weighted by atomic mass is 9.96. The van der Waals surface area contributed by atoms with E-state index in [0.717, 1.165) is 70.6 Å². The van der Waals surface area contributed by atoms with Crippen LogP contribution >= 0.6 is 0 Å². The Kier molecular flexibility index (Phi) is 39.5. The molecular weight excluding hydrogens is 1030 g/mol. The van der Waals surface area contributed by atoms with Crippen molar-refractivity contribution in [2.24, 2.45) is 0 Å². The SMILES string of the molecule is CC/C=C\C/C=C\C/C=C\CCCCCCCC(=O)NC(COC1OC(CO)C(OC2OC(CO)C(OC3OC(CO)C(O)C(O)C3O)C(O)C2O)C(O)C1O)C(O)/C=C/CC/C=C/CCCCCCCCCCCCCCCC. The Balaban J connectivity index is 1.52. The summed E-state index contributed by atoms with van der Waals surface area (Å²) in [6.45, 7) is 1.57. The zero-order valence-electron chi connectivity index (χ0n) is 48.3. The van der Waals surface area contributed by atoms with Crippen molar-refractivity contribution in [3.8, 4) is 0 Å². The molecule has 3 rings (SSSR count). The number of allylic oxidation sites excluding steroid dienone is 9. The number of nitrogens with one attached hydrogen (secondary N) is 1. The molecule has 464 valence electrons. The highest BCUT2D eigenvalue weighted by atomic mass is 16.8. The number of aliphatic hydroxyl groups is 11. The average Bonchev–Trinajstić information content (AvgIpc) is 3.50. The van der Waals surface area contributed by atoms with Crippen LogP contribution in [0.25, 0.3) is 0 Å². The van der Waals surface area contributed by atoms with Crippen LogP contribution in [-0.2, 0) is 33.2 Å². The highest BCUT2D eigenvalue weighted by molar-refractivity contribution is 5.76. The summed E-state index contributed by atoms with van der Waals surface area (Å²) in [5.41, 5.74) is 0. The molecule has 0 saturated carbocycles. The number of hydrogen-bond donors (Lipinski definition) is 12. The quantitative estimate of drug-likeness (QED) is 0.0259. The molecule has 19 heteroatoms. The summed E-state index contributed by atoms with van der Waals surface area (Å²) in [7, 11) is 0. The van der Waals surface area contributed by atoms with E-state index in [4.69, 9.17) is 28.4 Å². The number of rotatable bonds is 44. The summed E-state index contributed by atoms with van der Waals surface area (Å²) in [4.78, 5) is 13.3. The van der Waals surface area contributed by atoms with Crippen LogP contribution in [-0.4, -0.2) is 193 Å². The first-order valence-electron chi connectivity index (χ1n) is 30.5. The predicted molar refractivity (Wildman–Crippen MR) is 305 cm³/mol. The summed E-state index contributed by atoms with van der Waals surface area (Å²) < 4.78 is 34.2. The second-order valence-corrected chi connectivity index (χ2v) is 21.8. The summed E-state index contributed by atoms with van der Waals surface area (Å²) in [6.07, 6.45) is 23.5. The first kappa shape index (κ1) is 71.8. The van der Waals surface area contributed by atoms with E-state index in [9.17, 15) is 61.0 Å². The van der Waals surface area contributed by atoms with Crippen molar-refractivity contribution >= 4 is 5.91 Å². The molecule has 3 saturated heterocycles. The van der Waals surface area contributed by atoms with Crippen molar-refractivity contribution in [2.75, 3.05) is 26.4 Å². The van der Waals surface area contributed by atoms with E-state index < -0.39 is 124 Å². The first-order chi connectivity index (χ1) is 38.8. The number of ether oxygens (including phenoxy) is 6. The van der Waals surface area contributed by atoms with Crippen LogP contribution in [0.2, 0.25) is 0 Å². The molecule has 80 heavy (non-hydrogen) atoms. The van der Waals surface area contributed by atoms with Crippen LogP contribution in [0.4, 0.5) is 0 Å². The van der Waals surface area contributed by atoms with Crippen LogP contribution in [0, 0.1) is 0 Å². The van der Waals surface area contributed by atoms with Crippen LogP contribution in [0.15, 0.2) is 60.8 Å². The lowest BCUT2D eigenvalue weighted by molar-refractivity contribution is -0.379. The largest absolute Gasteiger partial charge is 0.394 e. The molecule has 0 radical (unpaired) electrons. The highest BCUT2D eigenvalue weighted by Gasteiger charge is 2.53. The van der Waals surface area contributed by atoms with Gasteiger partial charge in [-0.3, -0.25) is 4.79 Å². The molecule has 12 N–H and O–H groups in total. The number of unbranched alkanes of at least 4 members (excludes halogenated alkanes) is 20. The predicted octanol–water partition coefficient (Wildman–Crippen LogP) is 5.65. The van der Waals surface area contributed by atoms with Crippen molar-refractivity contribution < 1.29 is 89.4 Å². The van der Waals surface area contributed by atoms with Gasteiger partial charge in [-0.1, -0.05) is 177 Å². The van der Waals surface area contributed by atoms with Gasteiger partial charge in [0.15, 0.2) is 18.9 Å². The third kappa shape index (κ3) is 27.5. The fourth-order valence-corrected chi connectivity index (χ4v) is 10.0.